The predicted octanol–water partition coefficient (Wildman–Crippen LogP) is 2.04. The van der Waals surface area contributed by atoms with Crippen LogP contribution in [0.4, 0.5) is 4.79 Å². The zero-order valence-electron chi connectivity index (χ0n) is 15.1. The first kappa shape index (κ1) is 22.8. The van der Waals surface area contributed by atoms with Gasteiger partial charge in [-0.2, -0.15) is 12.6 Å². The molecule has 1 aromatic rings. The van der Waals surface area contributed by atoms with Gasteiger partial charge in [0.2, 0.25) is 12.7 Å². The highest BCUT2D eigenvalue weighted by Crippen LogP contribution is 2.14. The second-order valence-corrected chi connectivity index (χ2v) is 7.80. The van der Waals surface area contributed by atoms with Gasteiger partial charge in [0.05, 0.1) is 17.4 Å². The van der Waals surface area contributed by atoms with Crippen LogP contribution in [0, 0.1) is 0 Å². The van der Waals surface area contributed by atoms with Gasteiger partial charge in [-0.05, 0) is 37.7 Å². The van der Waals surface area contributed by atoms with E-state index in [4.69, 9.17) is 9.47 Å². The highest BCUT2D eigenvalue weighted by molar-refractivity contribution is 8.13. The van der Waals surface area contributed by atoms with E-state index in [9.17, 15) is 19.2 Å². The Hall–Kier alpha value is -2.20. The van der Waals surface area contributed by atoms with E-state index in [0.29, 0.717) is 17.3 Å². The van der Waals surface area contributed by atoms with Crippen molar-refractivity contribution in [1.29, 1.82) is 0 Å². The highest BCUT2D eigenvalue weighted by Gasteiger charge is 2.29. The monoisotopic (exact) mass is 415 g/mol. The fourth-order valence-electron chi connectivity index (χ4n) is 1.63. The normalized spacial score (nSPS) is 11.9. The third-order valence-electron chi connectivity index (χ3n) is 3.09. The van der Waals surface area contributed by atoms with Crippen LogP contribution in [-0.2, 0) is 23.8 Å². The number of amides is 1. The quantitative estimate of drug-likeness (QED) is 0.377. The van der Waals surface area contributed by atoms with E-state index >= 15 is 0 Å². The van der Waals surface area contributed by atoms with Crippen molar-refractivity contribution in [3.05, 3.63) is 35.9 Å². The molecule has 0 unspecified atom stereocenters. The number of esters is 2. The molecule has 0 radical (unpaired) electrons. The van der Waals surface area contributed by atoms with Gasteiger partial charge in [0.1, 0.15) is 6.04 Å². The van der Waals surface area contributed by atoms with Crippen LogP contribution in [0.15, 0.2) is 30.3 Å². The lowest BCUT2D eigenvalue weighted by Gasteiger charge is -2.21. The van der Waals surface area contributed by atoms with E-state index in [0.717, 1.165) is 0 Å². The number of thioether (sulfide) groups is 1. The molecule has 1 atom stereocenters. The molecule has 0 fully saturated rings. The first-order valence-corrected chi connectivity index (χ1v) is 9.21. The van der Waals surface area contributed by atoms with Gasteiger partial charge in [0.15, 0.2) is 0 Å². The predicted molar refractivity (Wildman–Crippen MR) is 103 cm³/mol. The number of nitrogens with one attached hydrogen (secondary N) is 1. The van der Waals surface area contributed by atoms with Crippen LogP contribution < -0.4 is 5.32 Å². The number of rotatable bonds is 8. The Bertz CT molecular complexity index is 674. The summed E-state index contributed by atoms with van der Waals surface area (Å²) in [5.41, 5.74) is 0.323. The maximum Gasteiger partial charge on any atom is 0.370 e. The molecule has 0 saturated heterocycles. The average Bonchev–Trinajstić information content (AvgIpc) is 2.64. The van der Waals surface area contributed by atoms with Crippen molar-refractivity contribution in [1.82, 2.24) is 5.32 Å². The molecule has 1 amide bonds. The van der Waals surface area contributed by atoms with Gasteiger partial charge in [-0.1, -0.05) is 18.2 Å². The molecule has 1 N–H and O–H groups in total. The van der Waals surface area contributed by atoms with Crippen molar-refractivity contribution in [3.63, 3.8) is 0 Å². The molecule has 1 aromatic carbocycles. The molecule has 0 aromatic heterocycles. The summed E-state index contributed by atoms with van der Waals surface area (Å²) in [7, 11) is 1.17. The van der Waals surface area contributed by atoms with E-state index in [1.807, 2.05) is 0 Å². The number of carbonyl (C=O) groups excluding carboxylic acids is 4. The fraction of sp³-hybridized carbons (Fsp3) is 0.412. The van der Waals surface area contributed by atoms with Crippen molar-refractivity contribution in [2.45, 2.75) is 24.6 Å². The van der Waals surface area contributed by atoms with E-state index in [1.54, 1.807) is 44.2 Å². The van der Waals surface area contributed by atoms with Gasteiger partial charge < -0.3 is 19.5 Å². The molecule has 1 rings (SSSR count). The summed E-state index contributed by atoms with van der Waals surface area (Å²) < 4.78 is 13.2. The number of thiol groups is 1. The molecule has 148 valence electrons. The number of hydrogen-bond acceptors (Lipinski definition) is 9. The second kappa shape index (κ2) is 10.8. The Labute approximate surface area is 166 Å². The summed E-state index contributed by atoms with van der Waals surface area (Å²) in [5.74, 6) is -1.96. The van der Waals surface area contributed by atoms with Crippen LogP contribution in [0.25, 0.3) is 0 Å². The maximum absolute atomic E-state index is 11.9. The second-order valence-electron chi connectivity index (χ2n) is 5.73. The minimum atomic E-state index is -1.06. The summed E-state index contributed by atoms with van der Waals surface area (Å²) in [6.07, 6.45) is 0. The van der Waals surface area contributed by atoms with Crippen LogP contribution >= 0.6 is 24.4 Å². The summed E-state index contributed by atoms with van der Waals surface area (Å²) in [4.78, 5) is 47.1. The lowest BCUT2D eigenvalue weighted by atomic mass is 10.2. The number of carbonyl (C=O) groups is 4. The van der Waals surface area contributed by atoms with Gasteiger partial charge in [0.25, 0.3) is 0 Å². The molecule has 0 heterocycles. The van der Waals surface area contributed by atoms with Crippen LogP contribution in [0.3, 0.4) is 0 Å². The lowest BCUT2D eigenvalue weighted by molar-refractivity contribution is -0.144. The number of benzene rings is 1. The van der Waals surface area contributed by atoms with Gasteiger partial charge in [-0.25, -0.2) is 14.4 Å². The maximum atomic E-state index is 11.9. The molecular weight excluding hydrogens is 394 g/mol. The fourth-order valence-corrected chi connectivity index (χ4v) is 2.35. The lowest BCUT2D eigenvalue weighted by Crippen LogP contribution is -2.49. The molecule has 0 bridgehead atoms. The SMILES string of the molecule is COC(=O)[C@H](CSC(=O)OCOC(=O)c1ccccc1)NC(=O)C(C)(C)S. The van der Waals surface area contributed by atoms with Crippen molar-refractivity contribution in [2.75, 3.05) is 19.7 Å². The summed E-state index contributed by atoms with van der Waals surface area (Å²) >= 11 is 4.75. The molecule has 8 nitrogen and oxygen atoms in total. The van der Waals surface area contributed by atoms with Crippen molar-refractivity contribution in [2.24, 2.45) is 0 Å². The molecule has 0 spiro atoms. The van der Waals surface area contributed by atoms with Crippen molar-refractivity contribution in [3.8, 4) is 0 Å². The van der Waals surface area contributed by atoms with Crippen LogP contribution in [0.5, 0.6) is 0 Å². The molecular formula is C17H21NO7S2. The Morgan fingerprint density at radius 3 is 2.33 bits per heavy atom. The minimum absolute atomic E-state index is 0.117. The Morgan fingerprint density at radius 1 is 1.15 bits per heavy atom. The Morgan fingerprint density at radius 2 is 1.78 bits per heavy atom. The third-order valence-corrected chi connectivity index (χ3v) is 4.15. The molecule has 0 saturated carbocycles. The Balaban J connectivity index is 2.44. The zero-order valence-corrected chi connectivity index (χ0v) is 16.8. The molecule has 27 heavy (non-hydrogen) atoms. The summed E-state index contributed by atoms with van der Waals surface area (Å²) in [6.45, 7) is 2.54. The average molecular weight is 415 g/mol. The topological polar surface area (TPSA) is 108 Å². The minimum Gasteiger partial charge on any atom is -0.467 e. The Kier molecular flexibility index (Phi) is 9.16. The number of ether oxygens (including phenoxy) is 3. The molecule has 0 aliphatic carbocycles. The summed E-state index contributed by atoms with van der Waals surface area (Å²) in [5, 5.41) is 1.68. The van der Waals surface area contributed by atoms with Gasteiger partial charge in [-0.3, -0.25) is 4.79 Å². The van der Waals surface area contributed by atoms with Gasteiger partial charge in [0, 0.05) is 5.75 Å². The molecule has 0 aliphatic heterocycles. The first-order valence-electron chi connectivity index (χ1n) is 7.78. The van der Waals surface area contributed by atoms with E-state index in [2.05, 4.69) is 22.7 Å². The zero-order chi connectivity index (χ0) is 20.4. The van der Waals surface area contributed by atoms with Crippen molar-refractivity contribution < 1.29 is 33.4 Å². The highest BCUT2D eigenvalue weighted by atomic mass is 32.2. The number of methoxy groups -OCH3 is 1. The molecule has 10 heteroatoms. The smallest absolute Gasteiger partial charge is 0.370 e. The van der Waals surface area contributed by atoms with Crippen LogP contribution in [0.1, 0.15) is 24.2 Å². The van der Waals surface area contributed by atoms with Gasteiger partial charge in [-0.15, -0.1) is 0 Å². The first-order chi connectivity index (χ1) is 12.6. The van der Waals surface area contributed by atoms with E-state index < -0.39 is 40.7 Å². The van der Waals surface area contributed by atoms with Crippen LogP contribution in [0.2, 0.25) is 0 Å². The molecule has 0 aliphatic rings. The van der Waals surface area contributed by atoms with Crippen LogP contribution in [-0.4, -0.2) is 53.6 Å². The standard InChI is InChI=1S/C17H21NO7S2/c1-17(2,26)15(21)18-12(14(20)23-3)9-27-16(22)25-10-24-13(19)11-7-5-4-6-8-11/h4-8,12,26H,9-10H2,1-3H3,(H,18,21)/t12-/m0/s1. The van der Waals surface area contributed by atoms with Crippen molar-refractivity contribution >= 4 is 47.5 Å². The van der Waals surface area contributed by atoms with Gasteiger partial charge >= 0.3 is 17.2 Å². The van der Waals surface area contributed by atoms with E-state index in [1.165, 1.54) is 7.11 Å². The van der Waals surface area contributed by atoms with E-state index in [-0.39, 0.29) is 5.75 Å². The summed E-state index contributed by atoms with van der Waals surface area (Å²) in [6, 6.07) is 7.16. The third kappa shape index (κ3) is 8.35. The largest absolute Gasteiger partial charge is 0.467 e. The number of hydrogen-bond donors (Lipinski definition) is 2.